The van der Waals surface area contributed by atoms with Gasteiger partial charge in [0.05, 0.1) is 0 Å². The molecule has 128 valence electrons. The van der Waals surface area contributed by atoms with E-state index in [0.717, 1.165) is 15.3 Å². The van der Waals surface area contributed by atoms with Crippen LogP contribution in [0.15, 0.2) is 29.7 Å². The standard InChI is InChI=1S/C15H18F3NO3S/c1-12-2-4-13(5-3-12)6-11-23(21,22)19-9-7-14(20,8-10-19)15(16,17)18/h2-6,11,20H,7-10H2,1H3/b11-6+. The number of aryl methyl sites for hydroxylation is 1. The highest BCUT2D eigenvalue weighted by molar-refractivity contribution is 7.92. The fourth-order valence-electron chi connectivity index (χ4n) is 2.32. The van der Waals surface area contributed by atoms with E-state index in [4.69, 9.17) is 0 Å². The van der Waals surface area contributed by atoms with Gasteiger partial charge >= 0.3 is 6.18 Å². The second kappa shape index (κ2) is 6.26. The molecule has 1 aromatic carbocycles. The minimum atomic E-state index is -4.75. The number of aliphatic hydroxyl groups is 1. The van der Waals surface area contributed by atoms with Crippen molar-refractivity contribution in [1.29, 1.82) is 0 Å². The summed E-state index contributed by atoms with van der Waals surface area (Å²) in [5.74, 6) is 0. The van der Waals surface area contributed by atoms with Gasteiger partial charge in [-0.1, -0.05) is 29.8 Å². The monoisotopic (exact) mass is 349 g/mol. The number of alkyl halides is 3. The van der Waals surface area contributed by atoms with E-state index in [1.165, 1.54) is 6.08 Å². The van der Waals surface area contributed by atoms with Crippen molar-refractivity contribution in [1.82, 2.24) is 4.31 Å². The molecule has 0 aromatic heterocycles. The molecule has 1 aliphatic heterocycles. The summed E-state index contributed by atoms with van der Waals surface area (Å²) in [7, 11) is -3.81. The highest BCUT2D eigenvalue weighted by atomic mass is 32.2. The predicted octanol–water partition coefficient (Wildman–Crippen LogP) is 2.68. The molecule has 8 heteroatoms. The smallest absolute Gasteiger partial charge is 0.380 e. The van der Waals surface area contributed by atoms with Crippen molar-refractivity contribution in [3.63, 3.8) is 0 Å². The van der Waals surface area contributed by atoms with Crippen molar-refractivity contribution in [3.05, 3.63) is 40.8 Å². The van der Waals surface area contributed by atoms with E-state index in [0.29, 0.717) is 5.56 Å². The van der Waals surface area contributed by atoms with Gasteiger partial charge in [0.1, 0.15) is 0 Å². The largest absolute Gasteiger partial charge is 0.417 e. The molecule has 2 rings (SSSR count). The molecule has 0 spiro atoms. The molecule has 0 unspecified atom stereocenters. The summed E-state index contributed by atoms with van der Waals surface area (Å²) in [5.41, 5.74) is -1.09. The van der Waals surface area contributed by atoms with Crippen molar-refractivity contribution in [2.75, 3.05) is 13.1 Å². The lowest BCUT2D eigenvalue weighted by atomic mass is 9.92. The van der Waals surface area contributed by atoms with E-state index in [1.54, 1.807) is 12.1 Å². The van der Waals surface area contributed by atoms with Gasteiger partial charge < -0.3 is 5.11 Å². The van der Waals surface area contributed by atoms with Crippen LogP contribution in [-0.2, 0) is 10.0 Å². The number of hydrogen-bond donors (Lipinski definition) is 1. The van der Waals surface area contributed by atoms with Crippen molar-refractivity contribution >= 4 is 16.1 Å². The van der Waals surface area contributed by atoms with Crippen molar-refractivity contribution in [2.45, 2.75) is 31.5 Å². The van der Waals surface area contributed by atoms with Crippen LogP contribution in [0, 0.1) is 6.92 Å². The van der Waals surface area contributed by atoms with Gasteiger partial charge in [0.15, 0.2) is 5.60 Å². The first-order chi connectivity index (χ1) is 10.5. The van der Waals surface area contributed by atoms with Crippen molar-refractivity contribution in [2.24, 2.45) is 0 Å². The van der Waals surface area contributed by atoms with Gasteiger partial charge in [0.2, 0.25) is 10.0 Å². The second-order valence-corrected chi connectivity index (χ2v) is 7.51. The number of rotatable bonds is 3. The van der Waals surface area contributed by atoms with Gasteiger partial charge in [-0.05, 0) is 31.4 Å². The minimum absolute atomic E-state index is 0.365. The third kappa shape index (κ3) is 4.13. The fraction of sp³-hybridized carbons (Fsp3) is 0.467. The van der Waals surface area contributed by atoms with E-state index in [2.05, 4.69) is 0 Å². The summed E-state index contributed by atoms with van der Waals surface area (Å²) in [6, 6.07) is 7.16. The Hall–Kier alpha value is -1.38. The summed E-state index contributed by atoms with van der Waals surface area (Å²) in [6.45, 7) is 1.17. The molecule has 4 nitrogen and oxygen atoms in total. The third-order valence-electron chi connectivity index (χ3n) is 3.95. The molecule has 1 aliphatic rings. The Kier molecular flexibility index (Phi) is 4.89. The van der Waals surface area contributed by atoms with E-state index >= 15 is 0 Å². The Bertz CT molecular complexity index is 673. The molecule has 0 atom stereocenters. The molecule has 0 amide bonds. The van der Waals surface area contributed by atoms with Crippen LogP contribution in [0.4, 0.5) is 13.2 Å². The first kappa shape index (κ1) is 18.0. The summed E-state index contributed by atoms with van der Waals surface area (Å²) in [5, 5.41) is 10.5. The average Bonchev–Trinajstić information content (AvgIpc) is 2.46. The number of halogens is 3. The van der Waals surface area contributed by atoms with Gasteiger partial charge in [0.25, 0.3) is 0 Å². The van der Waals surface area contributed by atoms with Crippen molar-refractivity contribution in [3.8, 4) is 0 Å². The predicted molar refractivity (Wildman–Crippen MR) is 80.9 cm³/mol. The molecule has 23 heavy (non-hydrogen) atoms. The maximum atomic E-state index is 12.7. The number of nitrogens with zero attached hydrogens (tertiary/aromatic N) is 1. The Morgan fingerprint density at radius 3 is 2.17 bits per heavy atom. The van der Waals surface area contributed by atoms with Gasteiger partial charge in [-0.15, -0.1) is 0 Å². The highest BCUT2D eigenvalue weighted by Gasteiger charge is 2.55. The molecular formula is C15H18F3NO3S. The molecule has 1 heterocycles. The zero-order valence-corrected chi connectivity index (χ0v) is 13.4. The Morgan fingerprint density at radius 1 is 1.17 bits per heavy atom. The molecule has 1 N–H and O–H groups in total. The van der Waals surface area contributed by atoms with Gasteiger partial charge in [0, 0.05) is 18.5 Å². The highest BCUT2D eigenvalue weighted by Crippen LogP contribution is 2.38. The van der Waals surface area contributed by atoms with Crippen LogP contribution in [0.5, 0.6) is 0 Å². The molecule has 0 saturated carbocycles. The molecule has 1 fully saturated rings. The maximum absolute atomic E-state index is 12.7. The van der Waals surface area contributed by atoms with Crippen LogP contribution < -0.4 is 0 Å². The maximum Gasteiger partial charge on any atom is 0.417 e. The van der Waals surface area contributed by atoms with Crippen LogP contribution in [-0.4, -0.2) is 42.7 Å². The zero-order chi connectivity index (χ0) is 17.3. The molecule has 1 saturated heterocycles. The normalized spacial score (nSPS) is 20.0. The van der Waals surface area contributed by atoms with Crippen LogP contribution in [0.3, 0.4) is 0 Å². The first-order valence-electron chi connectivity index (χ1n) is 7.08. The minimum Gasteiger partial charge on any atom is -0.380 e. The quantitative estimate of drug-likeness (QED) is 0.913. The fourth-order valence-corrected chi connectivity index (χ4v) is 3.52. The number of hydrogen-bond acceptors (Lipinski definition) is 3. The van der Waals surface area contributed by atoms with Gasteiger partial charge in [-0.3, -0.25) is 0 Å². The Labute approximate surface area is 133 Å². The average molecular weight is 349 g/mol. The summed E-state index contributed by atoms with van der Waals surface area (Å²) < 4.78 is 63.4. The van der Waals surface area contributed by atoms with E-state index in [1.807, 2.05) is 19.1 Å². The summed E-state index contributed by atoms with van der Waals surface area (Å²) >= 11 is 0. The number of piperidine rings is 1. The molecule has 1 aromatic rings. The van der Waals surface area contributed by atoms with Gasteiger partial charge in [-0.25, -0.2) is 8.42 Å². The lowest BCUT2D eigenvalue weighted by Gasteiger charge is -2.38. The third-order valence-corrected chi connectivity index (χ3v) is 5.51. The van der Waals surface area contributed by atoms with E-state index in [-0.39, 0.29) is 13.1 Å². The lowest BCUT2D eigenvalue weighted by molar-refractivity contribution is -0.270. The van der Waals surface area contributed by atoms with Crippen LogP contribution in [0.1, 0.15) is 24.0 Å². The second-order valence-electron chi connectivity index (χ2n) is 5.69. The topological polar surface area (TPSA) is 57.6 Å². The number of sulfonamides is 1. The van der Waals surface area contributed by atoms with Crippen LogP contribution in [0.2, 0.25) is 0 Å². The Balaban J connectivity index is 2.06. The van der Waals surface area contributed by atoms with E-state index < -0.39 is 34.6 Å². The molecule has 0 aliphatic carbocycles. The first-order valence-corrected chi connectivity index (χ1v) is 8.58. The number of benzene rings is 1. The lowest BCUT2D eigenvalue weighted by Crippen LogP contribution is -2.54. The molecule has 0 radical (unpaired) electrons. The molecular weight excluding hydrogens is 331 g/mol. The zero-order valence-electron chi connectivity index (χ0n) is 12.5. The van der Waals surface area contributed by atoms with Crippen molar-refractivity contribution < 1.29 is 26.7 Å². The Morgan fingerprint density at radius 2 is 1.70 bits per heavy atom. The SMILES string of the molecule is Cc1ccc(/C=C/S(=O)(=O)N2CCC(O)(C(F)(F)F)CC2)cc1. The summed E-state index contributed by atoms with van der Waals surface area (Å²) in [6.07, 6.45) is -4.66. The van der Waals surface area contributed by atoms with Gasteiger partial charge in [-0.2, -0.15) is 17.5 Å². The van der Waals surface area contributed by atoms with E-state index in [9.17, 15) is 26.7 Å². The molecule has 0 bridgehead atoms. The summed E-state index contributed by atoms with van der Waals surface area (Å²) in [4.78, 5) is 0. The van der Waals surface area contributed by atoms with Crippen LogP contribution >= 0.6 is 0 Å². The van der Waals surface area contributed by atoms with Crippen LogP contribution in [0.25, 0.3) is 6.08 Å².